The number of aliphatic hydroxyl groups is 1. The standard InChI is InChI=1S/C10H20N2O2S/c1-3-5-8(9(11)15)10(14)12(4-2)6-7-13/h8,13H,3-7H2,1-2H3,(H2,11,15). The van der Waals surface area contributed by atoms with E-state index in [9.17, 15) is 4.79 Å². The summed E-state index contributed by atoms with van der Waals surface area (Å²) < 4.78 is 0. The smallest absolute Gasteiger partial charge is 0.232 e. The van der Waals surface area contributed by atoms with Gasteiger partial charge in [-0.1, -0.05) is 25.6 Å². The maximum atomic E-state index is 11.9. The minimum atomic E-state index is -0.378. The van der Waals surface area contributed by atoms with Crippen LogP contribution >= 0.6 is 12.2 Å². The number of nitrogens with two attached hydrogens (primary N) is 1. The van der Waals surface area contributed by atoms with Gasteiger partial charge in [0.25, 0.3) is 0 Å². The molecule has 0 aromatic heterocycles. The van der Waals surface area contributed by atoms with Gasteiger partial charge in [0.2, 0.25) is 5.91 Å². The molecule has 88 valence electrons. The second kappa shape index (κ2) is 7.59. The van der Waals surface area contributed by atoms with E-state index in [1.165, 1.54) is 0 Å². The highest BCUT2D eigenvalue weighted by Gasteiger charge is 2.24. The van der Waals surface area contributed by atoms with Gasteiger partial charge in [0, 0.05) is 13.1 Å². The maximum absolute atomic E-state index is 11.9. The molecule has 0 aliphatic rings. The molecule has 0 aliphatic carbocycles. The molecule has 0 aromatic rings. The van der Waals surface area contributed by atoms with Crippen LogP contribution in [0, 0.1) is 5.92 Å². The average molecular weight is 232 g/mol. The fraction of sp³-hybridized carbons (Fsp3) is 0.800. The molecule has 1 unspecified atom stereocenters. The number of amides is 1. The minimum absolute atomic E-state index is 0.0320. The first-order chi connectivity index (χ1) is 7.08. The van der Waals surface area contributed by atoms with Gasteiger partial charge in [-0.2, -0.15) is 0 Å². The van der Waals surface area contributed by atoms with E-state index in [1.807, 2.05) is 13.8 Å². The summed E-state index contributed by atoms with van der Waals surface area (Å²) in [4.78, 5) is 13.8. The second-order valence-electron chi connectivity index (χ2n) is 3.39. The van der Waals surface area contributed by atoms with E-state index in [-0.39, 0.29) is 23.4 Å². The van der Waals surface area contributed by atoms with Crippen molar-refractivity contribution in [3.8, 4) is 0 Å². The molecule has 0 spiro atoms. The van der Waals surface area contributed by atoms with Crippen LogP contribution in [0.25, 0.3) is 0 Å². The summed E-state index contributed by atoms with van der Waals surface area (Å²) in [6, 6.07) is 0. The highest BCUT2D eigenvalue weighted by Crippen LogP contribution is 2.11. The van der Waals surface area contributed by atoms with E-state index in [0.29, 0.717) is 19.5 Å². The normalized spacial score (nSPS) is 12.2. The van der Waals surface area contributed by atoms with Crippen LogP contribution in [-0.2, 0) is 4.79 Å². The molecule has 0 rings (SSSR count). The highest BCUT2D eigenvalue weighted by molar-refractivity contribution is 7.80. The number of carbonyl (C=O) groups is 1. The molecule has 0 saturated carbocycles. The molecule has 15 heavy (non-hydrogen) atoms. The third-order valence-electron chi connectivity index (χ3n) is 2.28. The molecule has 5 heteroatoms. The lowest BCUT2D eigenvalue weighted by molar-refractivity contribution is -0.133. The highest BCUT2D eigenvalue weighted by atomic mass is 32.1. The third kappa shape index (κ3) is 4.57. The number of aliphatic hydroxyl groups excluding tert-OH is 1. The van der Waals surface area contributed by atoms with Gasteiger partial charge < -0.3 is 15.7 Å². The van der Waals surface area contributed by atoms with E-state index in [0.717, 1.165) is 6.42 Å². The van der Waals surface area contributed by atoms with E-state index in [1.54, 1.807) is 4.90 Å². The van der Waals surface area contributed by atoms with Crippen LogP contribution < -0.4 is 5.73 Å². The van der Waals surface area contributed by atoms with Crippen molar-refractivity contribution in [2.45, 2.75) is 26.7 Å². The fourth-order valence-corrected chi connectivity index (χ4v) is 1.66. The van der Waals surface area contributed by atoms with Crippen molar-refractivity contribution < 1.29 is 9.90 Å². The molecule has 3 N–H and O–H groups in total. The molecule has 1 amide bonds. The molecule has 0 fully saturated rings. The van der Waals surface area contributed by atoms with Gasteiger partial charge in [-0.3, -0.25) is 4.79 Å². The summed E-state index contributed by atoms with van der Waals surface area (Å²) in [5.41, 5.74) is 5.53. The summed E-state index contributed by atoms with van der Waals surface area (Å²) in [6.07, 6.45) is 1.54. The van der Waals surface area contributed by atoms with Crippen molar-refractivity contribution >= 4 is 23.1 Å². The van der Waals surface area contributed by atoms with Crippen LogP contribution in [0.15, 0.2) is 0 Å². The summed E-state index contributed by atoms with van der Waals surface area (Å²) in [6.45, 7) is 4.74. The van der Waals surface area contributed by atoms with Crippen LogP contribution in [0.4, 0.5) is 0 Å². The number of thiocarbonyl (C=S) groups is 1. The van der Waals surface area contributed by atoms with E-state index in [4.69, 9.17) is 23.1 Å². The zero-order valence-corrected chi connectivity index (χ0v) is 10.2. The van der Waals surface area contributed by atoms with Crippen LogP contribution in [0.3, 0.4) is 0 Å². The molecule has 1 atom stereocenters. The second-order valence-corrected chi connectivity index (χ2v) is 3.86. The number of rotatable bonds is 7. The number of carbonyl (C=O) groups excluding carboxylic acids is 1. The van der Waals surface area contributed by atoms with Crippen molar-refractivity contribution in [3.05, 3.63) is 0 Å². The van der Waals surface area contributed by atoms with Crippen LogP contribution in [-0.4, -0.2) is 40.6 Å². The Morgan fingerprint density at radius 2 is 2.13 bits per heavy atom. The van der Waals surface area contributed by atoms with Gasteiger partial charge in [0.05, 0.1) is 17.5 Å². The summed E-state index contributed by atoms with van der Waals surface area (Å²) in [5.74, 6) is -0.447. The zero-order valence-electron chi connectivity index (χ0n) is 9.40. The molecular formula is C10H20N2O2S. The Morgan fingerprint density at radius 1 is 1.53 bits per heavy atom. The number of hydrogen-bond donors (Lipinski definition) is 2. The summed E-state index contributed by atoms with van der Waals surface area (Å²) in [5, 5.41) is 8.81. The lowest BCUT2D eigenvalue weighted by Crippen LogP contribution is -2.42. The van der Waals surface area contributed by atoms with E-state index in [2.05, 4.69) is 0 Å². The van der Waals surface area contributed by atoms with E-state index < -0.39 is 0 Å². The molecule has 0 saturated heterocycles. The molecule has 0 radical (unpaired) electrons. The third-order valence-corrected chi connectivity index (χ3v) is 2.57. The lowest BCUT2D eigenvalue weighted by atomic mass is 10.0. The summed E-state index contributed by atoms with van der Waals surface area (Å²) in [7, 11) is 0. The van der Waals surface area contributed by atoms with Gasteiger partial charge >= 0.3 is 0 Å². The number of hydrogen-bond acceptors (Lipinski definition) is 3. The minimum Gasteiger partial charge on any atom is -0.395 e. The van der Waals surface area contributed by atoms with Crippen LogP contribution in [0.5, 0.6) is 0 Å². The topological polar surface area (TPSA) is 66.6 Å². The quantitative estimate of drug-likeness (QED) is 0.628. The number of likely N-dealkylation sites (N-methyl/N-ethyl adjacent to an activating group) is 1. The SMILES string of the molecule is CCCC(C(=O)N(CC)CCO)C(N)=S. The van der Waals surface area contributed by atoms with Crippen LogP contribution in [0.1, 0.15) is 26.7 Å². The Morgan fingerprint density at radius 3 is 2.47 bits per heavy atom. The van der Waals surface area contributed by atoms with Gasteiger partial charge in [0.1, 0.15) is 0 Å². The number of nitrogens with zero attached hydrogens (tertiary/aromatic N) is 1. The molecule has 0 aliphatic heterocycles. The average Bonchev–Trinajstić information content (AvgIpc) is 2.21. The van der Waals surface area contributed by atoms with Crippen LogP contribution in [0.2, 0.25) is 0 Å². The fourth-order valence-electron chi connectivity index (χ4n) is 1.44. The predicted octanol–water partition coefficient (Wildman–Crippen LogP) is 0.530. The molecule has 0 bridgehead atoms. The Hall–Kier alpha value is -0.680. The largest absolute Gasteiger partial charge is 0.395 e. The Balaban J connectivity index is 4.51. The Kier molecular flexibility index (Phi) is 7.25. The van der Waals surface area contributed by atoms with Crippen molar-refractivity contribution in [2.24, 2.45) is 11.7 Å². The van der Waals surface area contributed by atoms with Crippen molar-refractivity contribution in [1.82, 2.24) is 4.90 Å². The Bertz CT molecular complexity index is 221. The maximum Gasteiger partial charge on any atom is 0.232 e. The van der Waals surface area contributed by atoms with Crippen molar-refractivity contribution in [2.75, 3.05) is 19.7 Å². The van der Waals surface area contributed by atoms with Gasteiger partial charge in [-0.25, -0.2) is 0 Å². The first kappa shape index (κ1) is 14.3. The van der Waals surface area contributed by atoms with Gasteiger partial charge in [0.15, 0.2) is 0 Å². The van der Waals surface area contributed by atoms with Gasteiger partial charge in [-0.05, 0) is 13.3 Å². The first-order valence-electron chi connectivity index (χ1n) is 5.27. The zero-order chi connectivity index (χ0) is 11.8. The Labute approximate surface area is 96.4 Å². The molecule has 0 heterocycles. The monoisotopic (exact) mass is 232 g/mol. The lowest BCUT2D eigenvalue weighted by Gasteiger charge is -2.24. The summed E-state index contributed by atoms with van der Waals surface area (Å²) >= 11 is 4.88. The predicted molar refractivity (Wildman–Crippen MR) is 64.5 cm³/mol. The first-order valence-corrected chi connectivity index (χ1v) is 5.68. The molecule has 4 nitrogen and oxygen atoms in total. The molecular weight excluding hydrogens is 212 g/mol. The van der Waals surface area contributed by atoms with Gasteiger partial charge in [-0.15, -0.1) is 0 Å². The van der Waals surface area contributed by atoms with Crippen molar-refractivity contribution in [3.63, 3.8) is 0 Å². The molecule has 0 aromatic carbocycles. The van der Waals surface area contributed by atoms with Crippen molar-refractivity contribution in [1.29, 1.82) is 0 Å². The van der Waals surface area contributed by atoms with E-state index >= 15 is 0 Å².